The molecule has 0 fully saturated rings. The van der Waals surface area contributed by atoms with Crippen LogP contribution in [0, 0.1) is 10.1 Å². The lowest BCUT2D eigenvalue weighted by atomic mass is 10.2. The van der Waals surface area contributed by atoms with Crippen LogP contribution in [0.5, 0.6) is 5.75 Å². The van der Waals surface area contributed by atoms with Crippen LogP contribution < -0.4 is 10.1 Å². The number of nitro groups is 1. The van der Waals surface area contributed by atoms with Crippen LogP contribution in [0.3, 0.4) is 0 Å². The summed E-state index contributed by atoms with van der Waals surface area (Å²) in [6.45, 7) is 1.07. The van der Waals surface area contributed by atoms with Crippen molar-refractivity contribution in [1.29, 1.82) is 0 Å². The van der Waals surface area contributed by atoms with E-state index in [4.69, 9.17) is 11.6 Å². The number of anilines is 1. The second-order valence-corrected chi connectivity index (χ2v) is 3.69. The molecule has 19 heavy (non-hydrogen) atoms. The fourth-order valence-electron chi connectivity index (χ4n) is 1.20. The maximum atomic E-state index is 12.0. The highest BCUT2D eigenvalue weighted by molar-refractivity contribution is 6.34. The summed E-state index contributed by atoms with van der Waals surface area (Å²) >= 11 is 5.59. The molecular weight excluding hydrogens is 293 g/mol. The van der Waals surface area contributed by atoms with E-state index in [1.54, 1.807) is 0 Å². The number of hydrogen-bond acceptors (Lipinski definition) is 4. The van der Waals surface area contributed by atoms with Crippen LogP contribution in [0.4, 0.5) is 24.5 Å². The number of alkyl halides is 3. The Morgan fingerprint density at radius 1 is 1.47 bits per heavy atom. The summed E-state index contributed by atoms with van der Waals surface area (Å²) in [7, 11) is 0. The van der Waals surface area contributed by atoms with Crippen molar-refractivity contribution in [3.8, 4) is 5.75 Å². The molecule has 0 heterocycles. The van der Waals surface area contributed by atoms with E-state index in [0.717, 1.165) is 6.92 Å². The Morgan fingerprint density at radius 2 is 2.05 bits per heavy atom. The number of amides is 1. The minimum Gasteiger partial charge on any atom is -0.405 e. The van der Waals surface area contributed by atoms with E-state index in [0.29, 0.717) is 12.1 Å². The second kappa shape index (κ2) is 5.31. The molecule has 1 N–H and O–H groups in total. The zero-order valence-corrected chi connectivity index (χ0v) is 10.0. The van der Waals surface area contributed by atoms with Gasteiger partial charge in [-0.3, -0.25) is 14.9 Å². The number of nitro benzene ring substituents is 1. The second-order valence-electron chi connectivity index (χ2n) is 3.29. The van der Waals surface area contributed by atoms with Crippen LogP contribution in [0.15, 0.2) is 12.1 Å². The fourth-order valence-corrected chi connectivity index (χ4v) is 1.46. The molecule has 0 saturated carbocycles. The van der Waals surface area contributed by atoms with E-state index >= 15 is 0 Å². The summed E-state index contributed by atoms with van der Waals surface area (Å²) in [6.07, 6.45) is -5.01. The molecule has 0 spiro atoms. The van der Waals surface area contributed by atoms with Gasteiger partial charge in [-0.1, -0.05) is 11.6 Å². The van der Waals surface area contributed by atoms with Crippen molar-refractivity contribution >= 4 is 28.9 Å². The van der Waals surface area contributed by atoms with Crippen molar-refractivity contribution < 1.29 is 27.6 Å². The minimum atomic E-state index is -5.01. The lowest BCUT2D eigenvalue weighted by Gasteiger charge is -2.11. The summed E-state index contributed by atoms with van der Waals surface area (Å²) in [6, 6.07) is 1.23. The standard InChI is InChI=1S/C9H6ClF3N2O4/c1-4(16)14-8-6(10)2-5(19-9(11,12)13)3-7(8)15(17)18/h2-3H,1H3,(H,14,16). The van der Waals surface area contributed by atoms with Gasteiger partial charge in [-0.25, -0.2) is 0 Å². The van der Waals surface area contributed by atoms with Gasteiger partial charge in [0.05, 0.1) is 16.0 Å². The van der Waals surface area contributed by atoms with E-state index in [2.05, 4.69) is 10.1 Å². The molecular formula is C9H6ClF3N2O4. The Balaban J connectivity index is 3.29. The third kappa shape index (κ3) is 4.28. The molecule has 0 radical (unpaired) electrons. The number of hydrogen-bond donors (Lipinski definition) is 1. The topological polar surface area (TPSA) is 81.5 Å². The monoisotopic (exact) mass is 298 g/mol. The number of halogens is 4. The van der Waals surface area contributed by atoms with Crippen molar-refractivity contribution in [2.75, 3.05) is 5.32 Å². The molecule has 0 unspecified atom stereocenters. The molecule has 1 rings (SSSR count). The third-order valence-electron chi connectivity index (χ3n) is 1.77. The van der Waals surface area contributed by atoms with E-state index < -0.39 is 39.3 Å². The number of nitrogens with one attached hydrogen (secondary N) is 1. The van der Waals surface area contributed by atoms with Crippen molar-refractivity contribution in [2.45, 2.75) is 13.3 Å². The first-order valence-corrected chi connectivity index (χ1v) is 4.99. The molecule has 6 nitrogen and oxygen atoms in total. The Hall–Kier alpha value is -2.03. The molecule has 1 aromatic carbocycles. The van der Waals surface area contributed by atoms with Gasteiger partial charge in [0, 0.05) is 13.0 Å². The van der Waals surface area contributed by atoms with Crippen LogP contribution in [0.1, 0.15) is 6.92 Å². The average Bonchev–Trinajstić information content (AvgIpc) is 2.18. The molecule has 0 atom stereocenters. The molecule has 104 valence electrons. The molecule has 1 aromatic rings. The third-order valence-corrected chi connectivity index (χ3v) is 2.07. The van der Waals surface area contributed by atoms with Crippen LogP contribution in [0.2, 0.25) is 5.02 Å². The Kier molecular flexibility index (Phi) is 4.20. The smallest absolute Gasteiger partial charge is 0.405 e. The largest absolute Gasteiger partial charge is 0.573 e. The number of benzene rings is 1. The normalized spacial score (nSPS) is 11.0. The molecule has 0 aliphatic carbocycles. The summed E-state index contributed by atoms with van der Waals surface area (Å²) in [5.41, 5.74) is -1.20. The lowest BCUT2D eigenvalue weighted by molar-refractivity contribution is -0.384. The molecule has 0 bridgehead atoms. The highest BCUT2D eigenvalue weighted by atomic mass is 35.5. The zero-order valence-electron chi connectivity index (χ0n) is 9.25. The van der Waals surface area contributed by atoms with Crippen LogP contribution in [-0.2, 0) is 4.79 Å². The molecule has 0 aromatic heterocycles. The Morgan fingerprint density at radius 3 is 2.47 bits per heavy atom. The molecule has 1 amide bonds. The Bertz CT molecular complexity index is 533. The first kappa shape index (κ1) is 15.0. The average molecular weight is 299 g/mol. The molecule has 10 heteroatoms. The van der Waals surface area contributed by atoms with Gasteiger partial charge in [0.2, 0.25) is 5.91 Å². The first-order valence-electron chi connectivity index (χ1n) is 4.61. The predicted molar refractivity (Wildman–Crippen MR) is 59.1 cm³/mol. The van der Waals surface area contributed by atoms with Crippen LogP contribution in [-0.4, -0.2) is 17.2 Å². The maximum absolute atomic E-state index is 12.0. The van der Waals surface area contributed by atoms with Gasteiger partial charge < -0.3 is 10.1 Å². The Labute approximate surface area is 109 Å². The molecule has 0 aliphatic heterocycles. The number of ether oxygens (including phenoxy) is 1. The van der Waals surface area contributed by atoms with Gasteiger partial charge in [-0.05, 0) is 0 Å². The van der Waals surface area contributed by atoms with Gasteiger partial charge in [0.15, 0.2) is 0 Å². The number of nitrogens with zero attached hydrogens (tertiary/aromatic N) is 1. The summed E-state index contributed by atoms with van der Waals surface area (Å²) in [5, 5.41) is 12.4. The van der Waals surface area contributed by atoms with E-state index in [-0.39, 0.29) is 0 Å². The summed E-state index contributed by atoms with van der Waals surface area (Å²) in [5.74, 6) is -1.51. The van der Waals surface area contributed by atoms with Gasteiger partial charge >= 0.3 is 6.36 Å². The highest BCUT2D eigenvalue weighted by Gasteiger charge is 2.32. The SMILES string of the molecule is CC(=O)Nc1c(Cl)cc(OC(F)(F)F)cc1[N+](=O)[O-]. The summed E-state index contributed by atoms with van der Waals surface area (Å²) in [4.78, 5) is 20.6. The predicted octanol–water partition coefficient (Wildman–Crippen LogP) is 3.11. The van der Waals surface area contributed by atoms with E-state index in [9.17, 15) is 28.1 Å². The summed E-state index contributed by atoms with van der Waals surface area (Å²) < 4.78 is 39.6. The van der Waals surface area contributed by atoms with E-state index in [1.165, 1.54) is 0 Å². The fraction of sp³-hybridized carbons (Fsp3) is 0.222. The van der Waals surface area contributed by atoms with Gasteiger partial charge in [0.25, 0.3) is 5.69 Å². The van der Waals surface area contributed by atoms with Gasteiger partial charge in [-0.15, -0.1) is 13.2 Å². The number of rotatable bonds is 3. The number of carbonyl (C=O) groups is 1. The lowest BCUT2D eigenvalue weighted by Crippen LogP contribution is -2.17. The van der Waals surface area contributed by atoms with Crippen molar-refractivity contribution in [3.63, 3.8) is 0 Å². The van der Waals surface area contributed by atoms with Crippen LogP contribution in [0.25, 0.3) is 0 Å². The highest BCUT2D eigenvalue weighted by Crippen LogP contribution is 2.38. The van der Waals surface area contributed by atoms with Crippen molar-refractivity contribution in [3.05, 3.63) is 27.3 Å². The molecule has 0 saturated heterocycles. The van der Waals surface area contributed by atoms with Crippen LogP contribution >= 0.6 is 11.6 Å². The van der Waals surface area contributed by atoms with Gasteiger partial charge in [0.1, 0.15) is 11.4 Å². The molecule has 0 aliphatic rings. The maximum Gasteiger partial charge on any atom is 0.573 e. The quantitative estimate of drug-likeness (QED) is 0.686. The minimum absolute atomic E-state index is 0.395. The van der Waals surface area contributed by atoms with Crippen molar-refractivity contribution in [1.82, 2.24) is 0 Å². The van der Waals surface area contributed by atoms with Crippen molar-refractivity contribution in [2.24, 2.45) is 0 Å². The van der Waals surface area contributed by atoms with Gasteiger partial charge in [-0.2, -0.15) is 0 Å². The van der Waals surface area contributed by atoms with E-state index in [1.807, 2.05) is 0 Å². The zero-order chi connectivity index (χ0) is 14.8. The first-order chi connectivity index (χ1) is 8.60. The number of carbonyl (C=O) groups excluding carboxylic acids is 1.